The van der Waals surface area contributed by atoms with Gasteiger partial charge in [0.1, 0.15) is 0 Å². The fourth-order valence-corrected chi connectivity index (χ4v) is 0.423. The highest BCUT2D eigenvalue weighted by Crippen LogP contribution is 1.93. The fraction of sp³-hybridized carbons (Fsp3) is 0.333. The molecule has 0 aliphatic heterocycles. The van der Waals surface area contributed by atoms with Crippen molar-refractivity contribution < 1.29 is 4.92 Å². The molecular weight excluding hydrogens is 118 g/mol. The Labute approximate surface area is 53.8 Å². The summed E-state index contributed by atoms with van der Waals surface area (Å²) in [7, 11) is 0. The molecule has 3 nitrogen and oxygen atoms in total. The van der Waals surface area contributed by atoms with Gasteiger partial charge in [0.15, 0.2) is 0 Å². The zero-order valence-corrected chi connectivity index (χ0v) is 5.33. The van der Waals surface area contributed by atoms with E-state index in [4.69, 9.17) is 0 Å². The van der Waals surface area contributed by atoms with Gasteiger partial charge in [0.05, 0.1) is 0 Å². The molecule has 0 fully saturated rings. The van der Waals surface area contributed by atoms with E-state index in [0.717, 1.165) is 0 Å². The smallest absolute Gasteiger partial charge is 0.228 e. The van der Waals surface area contributed by atoms with Gasteiger partial charge in [-0.25, -0.2) is 0 Å². The first-order valence-corrected chi connectivity index (χ1v) is 2.60. The van der Waals surface area contributed by atoms with E-state index in [-0.39, 0.29) is 11.5 Å². The molecule has 0 aromatic carbocycles. The third-order valence-corrected chi connectivity index (χ3v) is 0.945. The van der Waals surface area contributed by atoms with E-state index in [1.54, 1.807) is 13.0 Å². The second-order valence-electron chi connectivity index (χ2n) is 1.56. The summed E-state index contributed by atoms with van der Waals surface area (Å²) in [5.41, 5.74) is 0.653. The van der Waals surface area contributed by atoms with Crippen LogP contribution in [-0.4, -0.2) is 11.5 Å². The van der Waals surface area contributed by atoms with Gasteiger partial charge in [-0.2, -0.15) is 0 Å². The van der Waals surface area contributed by atoms with Crippen molar-refractivity contribution in [2.75, 3.05) is 6.54 Å². The van der Waals surface area contributed by atoms with Crippen molar-refractivity contribution in [3.05, 3.63) is 34.4 Å². The molecule has 0 saturated carbocycles. The van der Waals surface area contributed by atoms with Crippen LogP contribution in [0.15, 0.2) is 24.3 Å². The van der Waals surface area contributed by atoms with Crippen LogP contribution in [0.4, 0.5) is 0 Å². The van der Waals surface area contributed by atoms with E-state index in [1.807, 2.05) is 0 Å². The van der Waals surface area contributed by atoms with E-state index < -0.39 is 0 Å². The minimum absolute atomic E-state index is 0.125. The average molecular weight is 127 g/mol. The van der Waals surface area contributed by atoms with Crippen molar-refractivity contribution in [3.63, 3.8) is 0 Å². The highest BCUT2D eigenvalue weighted by Gasteiger charge is 1.97. The summed E-state index contributed by atoms with van der Waals surface area (Å²) in [5.74, 6) is 0. The first-order valence-electron chi connectivity index (χ1n) is 2.60. The van der Waals surface area contributed by atoms with Crippen molar-refractivity contribution in [1.82, 2.24) is 0 Å². The molecule has 0 amide bonds. The van der Waals surface area contributed by atoms with E-state index in [1.165, 1.54) is 6.08 Å². The molecule has 0 heterocycles. The molecule has 3 heteroatoms. The van der Waals surface area contributed by atoms with Crippen LogP contribution in [0.2, 0.25) is 0 Å². The topological polar surface area (TPSA) is 43.1 Å². The molecular formula is C6H9NO2. The molecule has 0 aromatic rings. The van der Waals surface area contributed by atoms with Gasteiger partial charge < -0.3 is 0 Å². The quantitative estimate of drug-likeness (QED) is 0.326. The largest absolute Gasteiger partial charge is 0.264 e. The number of hydrogen-bond acceptors (Lipinski definition) is 2. The summed E-state index contributed by atoms with van der Waals surface area (Å²) < 4.78 is 0. The third-order valence-electron chi connectivity index (χ3n) is 0.945. The lowest BCUT2D eigenvalue weighted by atomic mass is 10.2. The zero-order chi connectivity index (χ0) is 7.28. The number of nitro groups is 1. The summed E-state index contributed by atoms with van der Waals surface area (Å²) in [6, 6.07) is 0. The van der Waals surface area contributed by atoms with Crippen molar-refractivity contribution in [2.24, 2.45) is 0 Å². The van der Waals surface area contributed by atoms with Gasteiger partial charge in [-0.1, -0.05) is 18.7 Å². The normalized spacial score (nSPS) is 11.0. The second kappa shape index (κ2) is 3.83. The Bertz CT molecular complexity index is 149. The van der Waals surface area contributed by atoms with E-state index in [0.29, 0.717) is 5.57 Å². The first kappa shape index (κ1) is 7.88. The summed E-state index contributed by atoms with van der Waals surface area (Å²) in [6.45, 7) is 5.04. The molecule has 0 aliphatic rings. The van der Waals surface area contributed by atoms with Gasteiger partial charge in [0.2, 0.25) is 6.54 Å². The molecule has 0 aliphatic carbocycles. The lowest BCUT2D eigenvalue weighted by molar-refractivity contribution is -0.470. The minimum atomic E-state index is -0.378. The Morgan fingerprint density at radius 2 is 2.44 bits per heavy atom. The minimum Gasteiger partial charge on any atom is -0.264 e. The molecule has 9 heavy (non-hydrogen) atoms. The number of hydrogen-bond donors (Lipinski definition) is 0. The van der Waals surface area contributed by atoms with Crippen LogP contribution in [0.25, 0.3) is 0 Å². The Kier molecular flexibility index (Phi) is 3.35. The monoisotopic (exact) mass is 127 g/mol. The van der Waals surface area contributed by atoms with E-state index in [2.05, 4.69) is 6.58 Å². The molecule has 0 bridgehead atoms. The molecule has 0 rings (SSSR count). The Balaban J connectivity index is 3.86. The molecule has 0 atom stereocenters. The van der Waals surface area contributed by atoms with Gasteiger partial charge in [-0.3, -0.25) is 10.1 Å². The number of allylic oxidation sites excluding steroid dienone is 1. The van der Waals surface area contributed by atoms with Crippen molar-refractivity contribution >= 4 is 0 Å². The summed E-state index contributed by atoms with van der Waals surface area (Å²) >= 11 is 0. The molecule has 0 saturated heterocycles. The van der Waals surface area contributed by atoms with Crippen molar-refractivity contribution in [2.45, 2.75) is 6.92 Å². The van der Waals surface area contributed by atoms with Crippen molar-refractivity contribution in [1.29, 1.82) is 0 Å². The van der Waals surface area contributed by atoms with Crippen LogP contribution in [0, 0.1) is 10.1 Å². The molecule has 0 N–H and O–H groups in total. The molecule has 0 aromatic heterocycles. The van der Waals surface area contributed by atoms with Crippen LogP contribution < -0.4 is 0 Å². The second-order valence-corrected chi connectivity index (χ2v) is 1.56. The van der Waals surface area contributed by atoms with E-state index >= 15 is 0 Å². The van der Waals surface area contributed by atoms with E-state index in [9.17, 15) is 10.1 Å². The fourth-order valence-electron chi connectivity index (χ4n) is 0.423. The van der Waals surface area contributed by atoms with Gasteiger partial charge in [-0.15, -0.1) is 0 Å². The average Bonchev–Trinajstić information content (AvgIpc) is 1.82. The summed E-state index contributed by atoms with van der Waals surface area (Å²) in [6.07, 6.45) is 3.17. The van der Waals surface area contributed by atoms with Gasteiger partial charge >= 0.3 is 0 Å². The van der Waals surface area contributed by atoms with Crippen LogP contribution in [-0.2, 0) is 0 Å². The van der Waals surface area contributed by atoms with Crippen LogP contribution in [0.1, 0.15) is 6.92 Å². The Morgan fingerprint density at radius 3 is 2.56 bits per heavy atom. The summed E-state index contributed by atoms with van der Waals surface area (Å²) in [4.78, 5) is 9.47. The molecule has 0 unspecified atom stereocenters. The van der Waals surface area contributed by atoms with Crippen LogP contribution in [0.3, 0.4) is 0 Å². The third kappa shape index (κ3) is 3.46. The predicted molar refractivity (Wildman–Crippen MR) is 35.8 cm³/mol. The molecule has 0 radical (unpaired) electrons. The van der Waals surface area contributed by atoms with Crippen LogP contribution in [0.5, 0.6) is 0 Å². The Hall–Kier alpha value is -1.12. The molecule has 0 spiro atoms. The highest BCUT2D eigenvalue weighted by molar-refractivity contribution is 5.14. The zero-order valence-electron chi connectivity index (χ0n) is 5.33. The predicted octanol–water partition coefficient (Wildman–Crippen LogP) is 1.40. The maximum Gasteiger partial charge on any atom is 0.228 e. The standard InChI is InChI=1S/C6H9NO2/c1-3-6(4-2)5-7(8)9/h3-4H,1,5H2,2H3/b6-4-. The first-order chi connectivity index (χ1) is 4.20. The SMILES string of the molecule is C=C/C(=C/C)C[N+](=O)[O-]. The van der Waals surface area contributed by atoms with Gasteiger partial charge in [0.25, 0.3) is 0 Å². The Morgan fingerprint density at radius 1 is 1.89 bits per heavy atom. The van der Waals surface area contributed by atoms with Gasteiger partial charge in [-0.05, 0) is 6.92 Å². The van der Waals surface area contributed by atoms with Gasteiger partial charge in [0, 0.05) is 10.5 Å². The molecule has 50 valence electrons. The highest BCUT2D eigenvalue weighted by atomic mass is 16.6. The summed E-state index contributed by atoms with van der Waals surface area (Å²) in [5, 5.41) is 9.84. The lowest BCUT2D eigenvalue weighted by Crippen LogP contribution is -2.01. The maximum absolute atomic E-state index is 9.84. The van der Waals surface area contributed by atoms with Crippen LogP contribution >= 0.6 is 0 Å². The maximum atomic E-state index is 9.84. The number of nitrogens with zero attached hydrogens (tertiary/aromatic N) is 1. The number of rotatable bonds is 3. The van der Waals surface area contributed by atoms with Crippen molar-refractivity contribution in [3.8, 4) is 0 Å². The lowest BCUT2D eigenvalue weighted by Gasteiger charge is -1.90.